The first-order valence-corrected chi connectivity index (χ1v) is 9.22. The van der Waals surface area contributed by atoms with Crippen LogP contribution in [0.1, 0.15) is 5.56 Å². The van der Waals surface area contributed by atoms with E-state index in [1.54, 1.807) is 0 Å². The number of carbonyl (C=O) groups excluding carboxylic acids is 1. The van der Waals surface area contributed by atoms with E-state index in [9.17, 15) is 4.79 Å². The fourth-order valence-corrected chi connectivity index (χ4v) is 3.11. The van der Waals surface area contributed by atoms with Crippen LogP contribution in [-0.2, 0) is 16.1 Å². The lowest BCUT2D eigenvalue weighted by Gasteiger charge is -2.36. The summed E-state index contributed by atoms with van der Waals surface area (Å²) in [5, 5.41) is 2.94. The summed E-state index contributed by atoms with van der Waals surface area (Å²) in [4.78, 5) is 16.7. The third-order valence-electron chi connectivity index (χ3n) is 4.59. The average Bonchev–Trinajstić information content (AvgIpc) is 2.70. The zero-order valence-corrected chi connectivity index (χ0v) is 15.1. The van der Waals surface area contributed by atoms with Gasteiger partial charge in [0.25, 0.3) is 0 Å². The molecule has 2 aromatic rings. The van der Waals surface area contributed by atoms with E-state index < -0.39 is 0 Å². The molecule has 1 aliphatic rings. The van der Waals surface area contributed by atoms with E-state index in [0.29, 0.717) is 13.2 Å². The van der Waals surface area contributed by atoms with Crippen molar-refractivity contribution in [3.63, 3.8) is 0 Å². The van der Waals surface area contributed by atoms with E-state index in [2.05, 4.69) is 39.4 Å². The summed E-state index contributed by atoms with van der Waals surface area (Å²) < 4.78 is 5.45. The van der Waals surface area contributed by atoms with E-state index in [1.165, 1.54) is 5.69 Å². The van der Waals surface area contributed by atoms with Crippen LogP contribution in [0.4, 0.5) is 5.69 Å². The van der Waals surface area contributed by atoms with Crippen LogP contribution in [-0.4, -0.2) is 56.7 Å². The number of rotatable bonds is 8. The number of amides is 1. The number of para-hydroxylation sites is 1. The molecule has 0 unspecified atom stereocenters. The van der Waals surface area contributed by atoms with Crippen molar-refractivity contribution in [1.29, 1.82) is 0 Å². The summed E-state index contributed by atoms with van der Waals surface area (Å²) >= 11 is 0. The molecule has 3 rings (SSSR count). The molecule has 1 N–H and O–H groups in total. The molecule has 0 aliphatic carbocycles. The van der Waals surface area contributed by atoms with Gasteiger partial charge in [0.1, 0.15) is 6.61 Å². The highest BCUT2D eigenvalue weighted by atomic mass is 16.5. The summed E-state index contributed by atoms with van der Waals surface area (Å²) in [6.45, 7) is 6.22. The Morgan fingerprint density at radius 3 is 2.27 bits per heavy atom. The van der Waals surface area contributed by atoms with Crippen molar-refractivity contribution in [2.75, 3.05) is 50.8 Å². The van der Waals surface area contributed by atoms with Crippen LogP contribution in [0.25, 0.3) is 0 Å². The normalized spacial score (nSPS) is 15.0. The molecule has 138 valence electrons. The number of hydrogen-bond donors (Lipinski definition) is 1. The first kappa shape index (κ1) is 18.4. The van der Waals surface area contributed by atoms with Gasteiger partial charge >= 0.3 is 0 Å². The second-order valence-electron chi connectivity index (χ2n) is 6.49. The minimum absolute atomic E-state index is 0.0520. The van der Waals surface area contributed by atoms with Gasteiger partial charge in [0, 0.05) is 45.0 Å². The minimum atomic E-state index is -0.0520. The van der Waals surface area contributed by atoms with Crippen LogP contribution in [0.3, 0.4) is 0 Å². The molecular weight excluding hydrogens is 326 g/mol. The second-order valence-corrected chi connectivity index (χ2v) is 6.49. The molecule has 0 aromatic heterocycles. The van der Waals surface area contributed by atoms with E-state index in [-0.39, 0.29) is 12.5 Å². The number of nitrogens with one attached hydrogen (secondary N) is 1. The van der Waals surface area contributed by atoms with E-state index >= 15 is 0 Å². The smallest absolute Gasteiger partial charge is 0.246 e. The average molecular weight is 353 g/mol. The molecule has 0 radical (unpaired) electrons. The van der Waals surface area contributed by atoms with Gasteiger partial charge in [-0.25, -0.2) is 0 Å². The number of hydrogen-bond acceptors (Lipinski definition) is 4. The Labute approximate surface area is 155 Å². The largest absolute Gasteiger partial charge is 0.369 e. The Kier molecular flexibility index (Phi) is 7.05. The van der Waals surface area contributed by atoms with E-state index in [4.69, 9.17) is 4.74 Å². The minimum Gasteiger partial charge on any atom is -0.369 e. The van der Waals surface area contributed by atoms with Crippen molar-refractivity contribution in [3.05, 3.63) is 66.2 Å². The van der Waals surface area contributed by atoms with Crippen LogP contribution < -0.4 is 10.2 Å². The fourth-order valence-electron chi connectivity index (χ4n) is 3.11. The molecule has 1 fully saturated rings. The number of anilines is 1. The van der Waals surface area contributed by atoms with Gasteiger partial charge < -0.3 is 15.0 Å². The number of piperazine rings is 1. The highest BCUT2D eigenvalue weighted by Gasteiger charge is 2.16. The Balaban J connectivity index is 1.26. The quantitative estimate of drug-likeness (QED) is 0.790. The molecule has 0 saturated carbocycles. The van der Waals surface area contributed by atoms with Crippen LogP contribution in [0.2, 0.25) is 0 Å². The van der Waals surface area contributed by atoms with Gasteiger partial charge in [-0.3, -0.25) is 9.69 Å². The molecule has 5 nitrogen and oxygen atoms in total. The standard InChI is InChI=1S/C21H27N3O2/c25-21(18-26-17-19-7-3-1-4-8-19)22-11-12-23-13-15-24(16-14-23)20-9-5-2-6-10-20/h1-10H,11-18H2,(H,22,25). The zero-order chi connectivity index (χ0) is 18.0. The number of benzene rings is 2. The van der Waals surface area contributed by atoms with E-state index in [0.717, 1.165) is 38.3 Å². The summed E-state index contributed by atoms with van der Waals surface area (Å²) in [5.41, 5.74) is 2.37. The van der Waals surface area contributed by atoms with Crippen LogP contribution >= 0.6 is 0 Å². The van der Waals surface area contributed by atoms with Crippen molar-refractivity contribution in [3.8, 4) is 0 Å². The summed E-state index contributed by atoms with van der Waals surface area (Å²) in [6.07, 6.45) is 0. The molecule has 2 aromatic carbocycles. The predicted molar refractivity (Wildman–Crippen MR) is 104 cm³/mol. The third-order valence-corrected chi connectivity index (χ3v) is 4.59. The van der Waals surface area contributed by atoms with Gasteiger partial charge in [0.15, 0.2) is 0 Å². The van der Waals surface area contributed by atoms with Crippen molar-refractivity contribution < 1.29 is 9.53 Å². The maximum atomic E-state index is 11.8. The summed E-state index contributed by atoms with van der Waals surface area (Å²) in [7, 11) is 0. The van der Waals surface area contributed by atoms with Crippen molar-refractivity contribution in [2.45, 2.75) is 6.61 Å². The van der Waals surface area contributed by atoms with Gasteiger partial charge in [-0.15, -0.1) is 0 Å². The van der Waals surface area contributed by atoms with Crippen LogP contribution in [0.15, 0.2) is 60.7 Å². The molecule has 0 spiro atoms. The van der Waals surface area contributed by atoms with Gasteiger partial charge in [-0.1, -0.05) is 48.5 Å². The van der Waals surface area contributed by atoms with Gasteiger partial charge in [-0.05, 0) is 17.7 Å². The Bertz CT molecular complexity index is 655. The molecule has 1 aliphatic heterocycles. The van der Waals surface area contributed by atoms with Crippen molar-refractivity contribution >= 4 is 11.6 Å². The molecule has 1 heterocycles. The number of carbonyl (C=O) groups is 1. The fraction of sp³-hybridized carbons (Fsp3) is 0.381. The Hall–Kier alpha value is -2.37. The topological polar surface area (TPSA) is 44.8 Å². The lowest BCUT2D eigenvalue weighted by Crippen LogP contribution is -2.48. The Morgan fingerprint density at radius 1 is 0.923 bits per heavy atom. The summed E-state index contributed by atoms with van der Waals surface area (Å²) in [6, 6.07) is 20.4. The third kappa shape index (κ3) is 5.86. The van der Waals surface area contributed by atoms with Crippen LogP contribution in [0.5, 0.6) is 0 Å². The first-order chi connectivity index (χ1) is 12.8. The molecular formula is C21H27N3O2. The maximum Gasteiger partial charge on any atom is 0.246 e. The van der Waals surface area contributed by atoms with E-state index in [1.807, 2.05) is 36.4 Å². The molecule has 1 saturated heterocycles. The first-order valence-electron chi connectivity index (χ1n) is 9.22. The summed E-state index contributed by atoms with van der Waals surface area (Å²) in [5.74, 6) is -0.0520. The van der Waals surface area contributed by atoms with Gasteiger partial charge in [-0.2, -0.15) is 0 Å². The SMILES string of the molecule is O=C(COCc1ccccc1)NCCN1CCN(c2ccccc2)CC1. The van der Waals surface area contributed by atoms with Crippen LogP contribution in [0, 0.1) is 0 Å². The zero-order valence-electron chi connectivity index (χ0n) is 15.1. The highest BCUT2D eigenvalue weighted by molar-refractivity contribution is 5.77. The molecule has 1 amide bonds. The molecule has 0 atom stereocenters. The Morgan fingerprint density at radius 2 is 1.58 bits per heavy atom. The van der Waals surface area contributed by atoms with Crippen molar-refractivity contribution in [1.82, 2.24) is 10.2 Å². The lowest BCUT2D eigenvalue weighted by molar-refractivity contribution is -0.126. The number of ether oxygens (including phenoxy) is 1. The molecule has 5 heteroatoms. The van der Waals surface area contributed by atoms with Crippen molar-refractivity contribution in [2.24, 2.45) is 0 Å². The highest BCUT2D eigenvalue weighted by Crippen LogP contribution is 2.15. The monoisotopic (exact) mass is 353 g/mol. The van der Waals surface area contributed by atoms with Gasteiger partial charge in [0.2, 0.25) is 5.91 Å². The molecule has 0 bridgehead atoms. The maximum absolute atomic E-state index is 11.8. The predicted octanol–water partition coefficient (Wildman–Crippen LogP) is 2.14. The second kappa shape index (κ2) is 9.94. The number of nitrogens with zero attached hydrogens (tertiary/aromatic N) is 2. The van der Waals surface area contributed by atoms with Gasteiger partial charge in [0.05, 0.1) is 6.61 Å². The molecule has 26 heavy (non-hydrogen) atoms. The lowest BCUT2D eigenvalue weighted by atomic mass is 10.2.